The van der Waals surface area contributed by atoms with Gasteiger partial charge in [-0.15, -0.1) is 0 Å². The van der Waals surface area contributed by atoms with Gasteiger partial charge in [0.15, 0.2) is 5.82 Å². The van der Waals surface area contributed by atoms with E-state index in [9.17, 15) is 9.90 Å². The molecule has 11 heteroatoms. The number of hydrogen-bond acceptors (Lipinski definition) is 7. The largest absolute Gasteiger partial charge is 0.508 e. The van der Waals surface area contributed by atoms with E-state index in [1.807, 2.05) is 4.90 Å². The molecule has 3 fully saturated rings. The number of carbonyl (C=O) groups is 1. The molecule has 6 rings (SSSR count). The molecule has 0 atom stereocenters. The van der Waals surface area contributed by atoms with E-state index in [1.54, 1.807) is 11.0 Å². The second-order valence-electron chi connectivity index (χ2n) is 9.97. The van der Waals surface area contributed by atoms with Crippen molar-refractivity contribution in [1.82, 2.24) is 14.9 Å². The van der Waals surface area contributed by atoms with Crippen molar-refractivity contribution in [2.45, 2.75) is 24.3 Å². The SMILES string of the molecule is C=CC(=O)N1CCN(c2nc(OC)nc3c(F)c(-c4cc(O)cc(Cl)c4C4CC4)c(Cl)cc23)CC12COC2. The van der Waals surface area contributed by atoms with Crippen molar-refractivity contribution >= 4 is 45.8 Å². The van der Waals surface area contributed by atoms with Gasteiger partial charge in [0.2, 0.25) is 5.91 Å². The summed E-state index contributed by atoms with van der Waals surface area (Å²) in [4.78, 5) is 25.2. The zero-order valence-corrected chi connectivity index (χ0v) is 22.2. The van der Waals surface area contributed by atoms with Crippen molar-refractivity contribution in [3.63, 3.8) is 0 Å². The topological polar surface area (TPSA) is 88.0 Å². The van der Waals surface area contributed by atoms with E-state index in [1.165, 1.54) is 25.3 Å². The molecule has 3 aliphatic rings. The molecular weight excluding hydrogens is 534 g/mol. The third-order valence-corrected chi connectivity index (χ3v) is 8.14. The van der Waals surface area contributed by atoms with Crippen LogP contribution in [0.15, 0.2) is 30.9 Å². The molecule has 1 spiro atoms. The lowest BCUT2D eigenvalue weighted by Crippen LogP contribution is -2.72. The van der Waals surface area contributed by atoms with E-state index in [4.69, 9.17) is 32.7 Å². The number of methoxy groups -OCH3 is 1. The van der Waals surface area contributed by atoms with Crippen LogP contribution in [0.5, 0.6) is 11.8 Å². The van der Waals surface area contributed by atoms with Gasteiger partial charge >= 0.3 is 6.01 Å². The molecule has 8 nitrogen and oxygen atoms in total. The Kier molecular flexibility index (Phi) is 6.13. The Morgan fingerprint density at radius 2 is 2.00 bits per heavy atom. The van der Waals surface area contributed by atoms with Gasteiger partial charge in [-0.2, -0.15) is 9.97 Å². The molecule has 1 N–H and O–H groups in total. The first-order valence-electron chi connectivity index (χ1n) is 12.3. The number of fused-ring (bicyclic) bond motifs is 1. The van der Waals surface area contributed by atoms with Crippen LogP contribution < -0.4 is 9.64 Å². The van der Waals surface area contributed by atoms with Gasteiger partial charge in [0.25, 0.3) is 0 Å². The fraction of sp³-hybridized carbons (Fsp3) is 0.370. The van der Waals surface area contributed by atoms with Crippen LogP contribution in [0.3, 0.4) is 0 Å². The highest BCUT2D eigenvalue weighted by Crippen LogP contribution is 2.51. The monoisotopic (exact) mass is 558 g/mol. The molecule has 2 aliphatic heterocycles. The Morgan fingerprint density at radius 1 is 1.24 bits per heavy atom. The Morgan fingerprint density at radius 3 is 2.63 bits per heavy atom. The van der Waals surface area contributed by atoms with E-state index in [0.717, 1.165) is 18.4 Å². The lowest BCUT2D eigenvalue weighted by atomic mass is 9.91. The summed E-state index contributed by atoms with van der Waals surface area (Å²) in [7, 11) is 1.42. The van der Waals surface area contributed by atoms with Crippen LogP contribution in [0, 0.1) is 5.82 Å². The number of anilines is 1. The second kappa shape index (κ2) is 9.25. The van der Waals surface area contributed by atoms with Gasteiger partial charge in [0.1, 0.15) is 22.6 Å². The second-order valence-corrected chi connectivity index (χ2v) is 10.8. The van der Waals surface area contributed by atoms with E-state index in [2.05, 4.69) is 16.5 Å². The van der Waals surface area contributed by atoms with E-state index < -0.39 is 11.4 Å². The Balaban J connectivity index is 1.50. The number of aromatic hydroxyl groups is 1. The van der Waals surface area contributed by atoms with Crippen LogP contribution in [-0.4, -0.2) is 71.4 Å². The van der Waals surface area contributed by atoms with Crippen molar-refractivity contribution in [2.24, 2.45) is 0 Å². The molecule has 0 bridgehead atoms. The minimum atomic E-state index is -0.653. The summed E-state index contributed by atoms with van der Waals surface area (Å²) < 4.78 is 27.2. The van der Waals surface area contributed by atoms with E-state index in [0.29, 0.717) is 54.6 Å². The van der Waals surface area contributed by atoms with Crippen LogP contribution in [0.25, 0.3) is 22.0 Å². The Bertz CT molecular complexity index is 1490. The minimum absolute atomic E-state index is 0.000429. The quantitative estimate of drug-likeness (QED) is 0.444. The van der Waals surface area contributed by atoms with Crippen LogP contribution in [0.2, 0.25) is 10.0 Å². The van der Waals surface area contributed by atoms with Gasteiger partial charge in [-0.25, -0.2) is 4.39 Å². The number of hydrogen-bond donors (Lipinski definition) is 1. The first-order valence-corrected chi connectivity index (χ1v) is 13.0. The molecular formula is C27H25Cl2FN4O4. The fourth-order valence-electron chi connectivity index (χ4n) is 5.53. The summed E-state index contributed by atoms with van der Waals surface area (Å²) in [6.07, 6.45) is 3.16. The van der Waals surface area contributed by atoms with Crippen LogP contribution in [0.4, 0.5) is 10.2 Å². The number of amides is 1. The smallest absolute Gasteiger partial charge is 0.318 e. The van der Waals surface area contributed by atoms with E-state index in [-0.39, 0.29) is 39.7 Å². The first kappa shape index (κ1) is 25.2. The maximum absolute atomic E-state index is 16.4. The van der Waals surface area contributed by atoms with Crippen molar-refractivity contribution in [2.75, 3.05) is 44.9 Å². The number of aromatic nitrogens is 2. The van der Waals surface area contributed by atoms with Gasteiger partial charge in [-0.05, 0) is 54.2 Å². The van der Waals surface area contributed by atoms with Crippen molar-refractivity contribution < 1.29 is 23.8 Å². The molecule has 1 amide bonds. The Labute approximate surface area is 228 Å². The number of phenolic OH excluding ortho intramolecular Hbond substituents is 1. The normalized spacial score (nSPS) is 18.5. The van der Waals surface area contributed by atoms with Crippen molar-refractivity contribution in [3.8, 4) is 22.9 Å². The number of phenols is 1. The number of nitrogens with zero attached hydrogens (tertiary/aromatic N) is 4. The molecule has 1 aliphatic carbocycles. The molecule has 38 heavy (non-hydrogen) atoms. The molecule has 1 aromatic heterocycles. The van der Waals surface area contributed by atoms with Gasteiger partial charge < -0.3 is 24.4 Å². The minimum Gasteiger partial charge on any atom is -0.508 e. The molecule has 2 saturated heterocycles. The van der Waals surface area contributed by atoms with Crippen molar-refractivity contribution in [3.05, 3.63) is 52.3 Å². The van der Waals surface area contributed by atoms with Crippen LogP contribution in [0.1, 0.15) is 24.3 Å². The highest BCUT2D eigenvalue weighted by atomic mass is 35.5. The van der Waals surface area contributed by atoms with Crippen LogP contribution >= 0.6 is 23.2 Å². The first-order chi connectivity index (χ1) is 18.3. The summed E-state index contributed by atoms with van der Waals surface area (Å²) in [6.45, 7) is 5.68. The Hall–Kier alpha value is -3.14. The van der Waals surface area contributed by atoms with Gasteiger partial charge in [0, 0.05) is 35.6 Å². The average molecular weight is 559 g/mol. The van der Waals surface area contributed by atoms with Crippen molar-refractivity contribution in [1.29, 1.82) is 0 Å². The molecule has 1 saturated carbocycles. The molecule has 0 radical (unpaired) electrons. The number of ether oxygens (including phenoxy) is 2. The summed E-state index contributed by atoms with van der Waals surface area (Å²) in [6, 6.07) is 4.60. The van der Waals surface area contributed by atoms with Gasteiger partial charge in [-0.1, -0.05) is 29.8 Å². The molecule has 3 heterocycles. The van der Waals surface area contributed by atoms with Crippen LogP contribution in [-0.2, 0) is 9.53 Å². The number of carbonyl (C=O) groups excluding carboxylic acids is 1. The predicted molar refractivity (Wildman–Crippen MR) is 143 cm³/mol. The number of rotatable bonds is 5. The predicted octanol–water partition coefficient (Wildman–Crippen LogP) is 4.94. The molecule has 0 unspecified atom stereocenters. The summed E-state index contributed by atoms with van der Waals surface area (Å²) in [5.74, 6) is -0.262. The maximum atomic E-state index is 16.4. The number of halogens is 3. The van der Waals surface area contributed by atoms with E-state index >= 15 is 4.39 Å². The third kappa shape index (κ3) is 3.95. The highest BCUT2D eigenvalue weighted by molar-refractivity contribution is 6.35. The zero-order chi connectivity index (χ0) is 26.8. The zero-order valence-electron chi connectivity index (χ0n) is 20.6. The average Bonchev–Trinajstić information content (AvgIpc) is 3.71. The summed E-state index contributed by atoms with van der Waals surface area (Å²) in [5.41, 5.74) is 0.837. The summed E-state index contributed by atoms with van der Waals surface area (Å²) >= 11 is 13.2. The van der Waals surface area contributed by atoms with Gasteiger partial charge in [0.05, 0.1) is 25.3 Å². The fourth-order valence-corrected chi connectivity index (χ4v) is 6.20. The number of benzene rings is 2. The molecule has 3 aromatic rings. The van der Waals surface area contributed by atoms with Gasteiger partial charge in [-0.3, -0.25) is 4.79 Å². The number of piperazine rings is 1. The maximum Gasteiger partial charge on any atom is 0.318 e. The standard InChI is InChI=1S/C27H25Cl2FN4O4/c1-3-20(36)34-7-6-33(11-27(34)12-38-13-27)25-17-10-19(29)22(23(30)24(17)31-26(32-25)37-2)16-8-15(35)9-18(28)21(16)14-4-5-14/h3,8-10,14,35H,1,4-7,11-13H2,2H3. The summed E-state index contributed by atoms with van der Waals surface area (Å²) in [5, 5.41) is 11.2. The lowest BCUT2D eigenvalue weighted by Gasteiger charge is -2.55. The lowest BCUT2D eigenvalue weighted by molar-refractivity contribution is -0.164. The third-order valence-electron chi connectivity index (χ3n) is 7.53. The highest BCUT2D eigenvalue weighted by Gasteiger charge is 2.50. The molecule has 198 valence electrons. The molecule has 2 aromatic carbocycles.